The van der Waals surface area contributed by atoms with Crippen molar-refractivity contribution in [1.29, 1.82) is 0 Å². The molecule has 0 amide bonds. The molecule has 0 aromatic carbocycles. The summed E-state index contributed by atoms with van der Waals surface area (Å²) in [6.07, 6.45) is 0.858. The van der Waals surface area contributed by atoms with Crippen molar-refractivity contribution < 1.29 is 9.53 Å². The van der Waals surface area contributed by atoms with E-state index in [1.165, 1.54) is 0 Å². The van der Waals surface area contributed by atoms with Gasteiger partial charge in [0.1, 0.15) is 0 Å². The van der Waals surface area contributed by atoms with E-state index in [1.807, 2.05) is 6.92 Å². The Morgan fingerprint density at radius 2 is 2.23 bits per heavy atom. The number of hydrogen-bond donors (Lipinski definition) is 0. The van der Waals surface area contributed by atoms with E-state index in [9.17, 15) is 4.79 Å². The minimum atomic E-state index is -0.220. The second-order valence-corrected chi connectivity index (χ2v) is 3.41. The summed E-state index contributed by atoms with van der Waals surface area (Å²) >= 11 is 5.81. The maximum Gasteiger partial charge on any atom is 0.335 e. The van der Waals surface area contributed by atoms with Crippen LogP contribution in [0, 0.1) is 0 Å². The van der Waals surface area contributed by atoms with E-state index in [0.717, 1.165) is 17.6 Å². The molecule has 1 heterocycles. The maximum atomic E-state index is 11.4. The van der Waals surface area contributed by atoms with Crippen LogP contribution in [0.3, 0.4) is 0 Å². The molecule has 0 unspecified atom stereocenters. The molecule has 0 fully saturated rings. The third kappa shape index (κ3) is 2.45. The second kappa shape index (κ2) is 4.63. The van der Waals surface area contributed by atoms with Crippen molar-refractivity contribution in [2.24, 2.45) is 0 Å². The summed E-state index contributed by atoms with van der Waals surface area (Å²) in [5, 5.41) is 0. The molecule has 0 saturated heterocycles. The van der Waals surface area contributed by atoms with Crippen molar-refractivity contribution in [1.82, 2.24) is 4.42 Å². The van der Waals surface area contributed by atoms with E-state index >= 15 is 0 Å². The molecule has 74 valence electrons. The number of ether oxygens (including phenoxy) is 1. The lowest BCUT2D eigenvalue weighted by Crippen LogP contribution is -2.13. The van der Waals surface area contributed by atoms with Gasteiger partial charge in [0.2, 0.25) is 0 Å². The first kappa shape index (κ1) is 10.5. The zero-order chi connectivity index (χ0) is 9.84. The Morgan fingerprint density at radius 3 is 2.77 bits per heavy atom. The molecule has 1 aliphatic heterocycles. The summed E-state index contributed by atoms with van der Waals surface area (Å²) in [4.78, 5) is 11.4. The van der Waals surface area contributed by atoms with E-state index in [-0.39, 0.29) is 5.97 Å². The van der Waals surface area contributed by atoms with Gasteiger partial charge in [-0.1, -0.05) is 6.92 Å². The summed E-state index contributed by atoms with van der Waals surface area (Å²) in [6.45, 7) is 5.42. The highest BCUT2D eigenvalue weighted by molar-refractivity contribution is 6.14. The Bertz CT molecular complexity index is 238. The molecule has 0 aromatic heterocycles. The lowest BCUT2D eigenvalue weighted by molar-refractivity contribution is -0.138. The molecule has 0 N–H and O–H groups in total. The summed E-state index contributed by atoms with van der Waals surface area (Å²) in [6, 6.07) is 0. The van der Waals surface area contributed by atoms with Gasteiger partial charge < -0.3 is 4.74 Å². The molecule has 0 radical (unpaired) electrons. The van der Waals surface area contributed by atoms with Crippen molar-refractivity contribution in [3.63, 3.8) is 0 Å². The van der Waals surface area contributed by atoms with Gasteiger partial charge >= 0.3 is 5.97 Å². The van der Waals surface area contributed by atoms with Gasteiger partial charge in [0.05, 0.1) is 12.2 Å². The van der Waals surface area contributed by atoms with Crippen LogP contribution in [0.4, 0.5) is 0 Å². The van der Waals surface area contributed by atoms with E-state index in [1.54, 1.807) is 11.3 Å². The Morgan fingerprint density at radius 1 is 1.54 bits per heavy atom. The van der Waals surface area contributed by atoms with Crippen molar-refractivity contribution >= 4 is 17.7 Å². The lowest BCUT2D eigenvalue weighted by atomic mass is 10.1. The molecule has 0 spiro atoms. The van der Waals surface area contributed by atoms with Crippen LogP contribution in [0.5, 0.6) is 0 Å². The molecular weight excluding hydrogens is 190 g/mol. The summed E-state index contributed by atoms with van der Waals surface area (Å²) in [5.41, 5.74) is 1.83. The Kier molecular flexibility index (Phi) is 3.75. The summed E-state index contributed by atoms with van der Waals surface area (Å²) in [5.74, 6) is -0.220. The lowest BCUT2D eigenvalue weighted by Gasteiger charge is -2.04. The Labute approximate surface area is 83.4 Å². The number of esters is 1. The molecule has 0 saturated carbocycles. The van der Waals surface area contributed by atoms with Crippen LogP contribution in [-0.2, 0) is 9.53 Å². The molecule has 0 atom stereocenters. The van der Waals surface area contributed by atoms with Crippen molar-refractivity contribution in [3.8, 4) is 0 Å². The van der Waals surface area contributed by atoms with E-state index in [2.05, 4.69) is 0 Å². The average Bonchev–Trinajstić information content (AvgIpc) is 2.47. The smallest absolute Gasteiger partial charge is 0.335 e. The number of carbonyl (C=O) groups is 1. The van der Waals surface area contributed by atoms with E-state index in [4.69, 9.17) is 16.5 Å². The Hall–Kier alpha value is -0.540. The topological polar surface area (TPSA) is 29.5 Å². The third-order valence-corrected chi connectivity index (χ3v) is 2.31. The minimum Gasteiger partial charge on any atom is -0.463 e. The Balaban J connectivity index is 2.70. The fourth-order valence-corrected chi connectivity index (χ4v) is 1.66. The highest BCUT2D eigenvalue weighted by atomic mass is 35.5. The largest absolute Gasteiger partial charge is 0.463 e. The predicted molar refractivity (Wildman–Crippen MR) is 51.4 cm³/mol. The van der Waals surface area contributed by atoms with Crippen LogP contribution >= 0.6 is 11.8 Å². The molecular formula is C9H14ClNO2. The van der Waals surface area contributed by atoms with Crippen molar-refractivity contribution in [2.45, 2.75) is 20.3 Å². The highest BCUT2D eigenvalue weighted by Gasteiger charge is 2.25. The fourth-order valence-electron chi connectivity index (χ4n) is 1.39. The first-order valence-corrected chi connectivity index (χ1v) is 4.81. The van der Waals surface area contributed by atoms with Gasteiger partial charge in [0.15, 0.2) is 0 Å². The maximum absolute atomic E-state index is 11.4. The minimum absolute atomic E-state index is 0.220. The van der Waals surface area contributed by atoms with Gasteiger partial charge in [0.25, 0.3) is 0 Å². The van der Waals surface area contributed by atoms with Crippen LogP contribution in [0.1, 0.15) is 20.3 Å². The van der Waals surface area contributed by atoms with Crippen LogP contribution in [-0.4, -0.2) is 30.1 Å². The number of hydrogen-bond acceptors (Lipinski definition) is 3. The van der Waals surface area contributed by atoms with Gasteiger partial charge in [-0.15, -0.1) is 0 Å². The number of rotatable bonds is 3. The number of halogens is 1. The van der Waals surface area contributed by atoms with E-state index in [0.29, 0.717) is 19.7 Å². The van der Waals surface area contributed by atoms with Gasteiger partial charge in [-0.3, -0.25) is 0 Å². The molecule has 1 rings (SSSR count). The quantitative estimate of drug-likeness (QED) is 0.517. The molecule has 1 aliphatic rings. The van der Waals surface area contributed by atoms with Crippen LogP contribution in [0.25, 0.3) is 0 Å². The molecule has 0 bridgehead atoms. The van der Waals surface area contributed by atoms with Crippen LogP contribution in [0.15, 0.2) is 11.1 Å². The number of nitrogens with zero attached hydrogens (tertiary/aromatic N) is 1. The zero-order valence-electron chi connectivity index (χ0n) is 7.97. The third-order valence-electron chi connectivity index (χ3n) is 2.07. The molecule has 4 heteroatoms. The SMILES string of the molecule is CCOC(=O)C1=C(CC)CN(Cl)C1. The van der Waals surface area contributed by atoms with Gasteiger partial charge in [-0.2, -0.15) is 0 Å². The van der Waals surface area contributed by atoms with Crippen LogP contribution < -0.4 is 0 Å². The zero-order valence-corrected chi connectivity index (χ0v) is 8.73. The van der Waals surface area contributed by atoms with Gasteiger partial charge in [-0.05, 0) is 30.7 Å². The second-order valence-electron chi connectivity index (χ2n) is 2.94. The monoisotopic (exact) mass is 203 g/mol. The van der Waals surface area contributed by atoms with Crippen molar-refractivity contribution in [3.05, 3.63) is 11.1 Å². The predicted octanol–water partition coefficient (Wildman–Crippen LogP) is 1.73. The summed E-state index contributed by atoms with van der Waals surface area (Å²) in [7, 11) is 0. The highest BCUT2D eigenvalue weighted by Crippen LogP contribution is 2.22. The normalized spacial score (nSPS) is 18.1. The molecule has 13 heavy (non-hydrogen) atoms. The van der Waals surface area contributed by atoms with Crippen LogP contribution in [0.2, 0.25) is 0 Å². The number of carbonyl (C=O) groups excluding carboxylic acids is 1. The van der Waals surface area contributed by atoms with Crippen molar-refractivity contribution in [2.75, 3.05) is 19.7 Å². The van der Waals surface area contributed by atoms with Gasteiger partial charge in [0, 0.05) is 13.1 Å². The fraction of sp³-hybridized carbons (Fsp3) is 0.667. The average molecular weight is 204 g/mol. The molecule has 0 aromatic rings. The molecule has 3 nitrogen and oxygen atoms in total. The first-order valence-electron chi connectivity index (χ1n) is 4.47. The molecule has 0 aliphatic carbocycles. The first-order chi connectivity index (χ1) is 6.19. The van der Waals surface area contributed by atoms with Gasteiger partial charge in [-0.25, -0.2) is 9.21 Å². The standard InChI is InChI=1S/C9H14ClNO2/c1-3-7-5-11(10)6-8(7)9(12)13-4-2/h3-6H2,1-2H3. The summed E-state index contributed by atoms with van der Waals surface area (Å²) < 4.78 is 6.53. The van der Waals surface area contributed by atoms with E-state index < -0.39 is 0 Å².